The molecule has 0 aliphatic heterocycles. The predicted molar refractivity (Wildman–Crippen MR) is 61.1 cm³/mol. The molecule has 1 aromatic carbocycles. The number of hydrogen-bond acceptors (Lipinski definition) is 2. The van der Waals surface area contributed by atoms with Gasteiger partial charge in [0.25, 0.3) is 0 Å². The molecule has 0 spiro atoms. The normalized spacial score (nSPS) is 9.71. The van der Waals surface area contributed by atoms with Gasteiger partial charge in [0.15, 0.2) is 0 Å². The van der Waals surface area contributed by atoms with Crippen LogP contribution in [0.4, 0.5) is 0 Å². The van der Waals surface area contributed by atoms with E-state index >= 15 is 0 Å². The molecule has 1 nitrogen and oxygen atoms in total. The van der Waals surface area contributed by atoms with E-state index < -0.39 is 0 Å². The smallest absolute Gasteiger partial charge is 0.0627 e. The van der Waals surface area contributed by atoms with Crippen molar-refractivity contribution in [2.45, 2.75) is 24.7 Å². The van der Waals surface area contributed by atoms with E-state index in [1.54, 1.807) is 0 Å². The molecule has 0 amide bonds. The molecule has 1 aromatic rings. The van der Waals surface area contributed by atoms with Crippen LogP contribution in [0.15, 0.2) is 29.2 Å². The third-order valence-electron chi connectivity index (χ3n) is 1.72. The van der Waals surface area contributed by atoms with Gasteiger partial charge in [-0.2, -0.15) is 0 Å². The van der Waals surface area contributed by atoms with Crippen LogP contribution in [0.2, 0.25) is 0 Å². The van der Waals surface area contributed by atoms with Gasteiger partial charge in [-0.05, 0) is 25.5 Å². The maximum Gasteiger partial charge on any atom is 0.0627 e. The van der Waals surface area contributed by atoms with E-state index in [4.69, 9.17) is 10.6 Å². The second kappa shape index (κ2) is 6.53. The van der Waals surface area contributed by atoms with E-state index in [-0.39, 0.29) is 0 Å². The van der Waals surface area contributed by atoms with E-state index in [1.807, 2.05) is 0 Å². The summed E-state index contributed by atoms with van der Waals surface area (Å²) in [5.74, 6) is 2.58. The lowest BCUT2D eigenvalue weighted by Crippen LogP contribution is -1.85. The van der Waals surface area contributed by atoms with Crippen LogP contribution in [0.3, 0.4) is 0 Å². The summed E-state index contributed by atoms with van der Waals surface area (Å²) >= 11 is 1.41. The fraction of sp³-hybridized carbons (Fsp3) is 0.333. The summed E-state index contributed by atoms with van der Waals surface area (Å²) in [4.78, 5) is 1.14. The second-order valence-electron chi connectivity index (χ2n) is 3.03. The molecule has 0 aliphatic carbocycles. The van der Waals surface area contributed by atoms with Gasteiger partial charge in [-0.1, -0.05) is 17.7 Å². The lowest BCUT2D eigenvalue weighted by atomic mass is 10.2. The van der Waals surface area contributed by atoms with Gasteiger partial charge in [-0.15, -0.1) is 12.3 Å². The molecular formula is C12H14OS. The molecule has 0 N–H and O–H groups in total. The average Bonchev–Trinajstić information content (AvgIpc) is 2.21. The minimum absolute atomic E-state index is 0.711. The van der Waals surface area contributed by atoms with E-state index in [2.05, 4.69) is 37.1 Å². The highest BCUT2D eigenvalue weighted by Gasteiger charge is 1.93. The Balaban J connectivity index is 2.19. The van der Waals surface area contributed by atoms with Crippen LogP contribution < -0.4 is 0 Å². The SMILES string of the molecule is C#CCCCOSc1ccc(C)cc1. The third-order valence-corrected chi connectivity index (χ3v) is 2.47. The molecule has 2 heteroatoms. The number of unbranched alkanes of at least 4 members (excludes halogenated alkanes) is 1. The molecular weight excluding hydrogens is 192 g/mol. The van der Waals surface area contributed by atoms with Crippen LogP contribution in [0.5, 0.6) is 0 Å². The van der Waals surface area contributed by atoms with E-state index in [1.165, 1.54) is 17.6 Å². The Hall–Kier alpha value is -0.910. The van der Waals surface area contributed by atoms with Crippen molar-refractivity contribution >= 4 is 12.0 Å². The summed E-state index contributed by atoms with van der Waals surface area (Å²) in [5.41, 5.74) is 1.27. The van der Waals surface area contributed by atoms with Crippen molar-refractivity contribution in [1.82, 2.24) is 0 Å². The first-order valence-corrected chi connectivity index (χ1v) is 5.36. The minimum Gasteiger partial charge on any atom is -0.310 e. The maximum atomic E-state index is 5.38. The van der Waals surface area contributed by atoms with Crippen molar-refractivity contribution in [1.29, 1.82) is 0 Å². The second-order valence-corrected chi connectivity index (χ2v) is 3.90. The van der Waals surface area contributed by atoms with Gasteiger partial charge in [0, 0.05) is 23.4 Å². The van der Waals surface area contributed by atoms with Crippen molar-refractivity contribution in [3.63, 3.8) is 0 Å². The minimum atomic E-state index is 0.711. The quantitative estimate of drug-likeness (QED) is 0.414. The molecule has 0 aliphatic rings. The molecule has 14 heavy (non-hydrogen) atoms. The van der Waals surface area contributed by atoms with Crippen LogP contribution in [0, 0.1) is 19.3 Å². The highest BCUT2D eigenvalue weighted by atomic mass is 32.2. The Kier molecular flexibility index (Phi) is 5.21. The van der Waals surface area contributed by atoms with E-state index in [0.29, 0.717) is 6.61 Å². The molecule has 1 rings (SSSR count). The topological polar surface area (TPSA) is 9.23 Å². The monoisotopic (exact) mass is 206 g/mol. The largest absolute Gasteiger partial charge is 0.310 e. The molecule has 0 heterocycles. The van der Waals surface area contributed by atoms with Gasteiger partial charge < -0.3 is 4.18 Å². The first-order valence-electron chi connectivity index (χ1n) is 4.62. The number of rotatable bonds is 5. The first-order chi connectivity index (χ1) is 6.83. The molecule has 0 saturated carbocycles. The number of benzene rings is 1. The summed E-state index contributed by atoms with van der Waals surface area (Å²) in [6, 6.07) is 8.27. The highest BCUT2D eigenvalue weighted by molar-refractivity contribution is 7.94. The van der Waals surface area contributed by atoms with Gasteiger partial charge in [-0.25, -0.2) is 0 Å². The molecule has 0 aromatic heterocycles. The Morgan fingerprint density at radius 1 is 1.36 bits per heavy atom. The predicted octanol–water partition coefficient (Wildman–Crippen LogP) is 3.43. The van der Waals surface area contributed by atoms with Gasteiger partial charge in [0.1, 0.15) is 0 Å². The van der Waals surface area contributed by atoms with Crippen molar-refractivity contribution in [3.05, 3.63) is 29.8 Å². The van der Waals surface area contributed by atoms with Crippen LogP contribution in [0.25, 0.3) is 0 Å². The molecule has 0 unspecified atom stereocenters. The molecule has 0 atom stereocenters. The summed E-state index contributed by atoms with van der Waals surface area (Å²) in [7, 11) is 0. The molecule has 0 radical (unpaired) electrons. The summed E-state index contributed by atoms with van der Waals surface area (Å²) in [5, 5.41) is 0. The molecule has 0 saturated heterocycles. The Morgan fingerprint density at radius 3 is 2.71 bits per heavy atom. The Bertz CT molecular complexity index is 297. The van der Waals surface area contributed by atoms with Crippen molar-refractivity contribution in [2.24, 2.45) is 0 Å². The van der Waals surface area contributed by atoms with Crippen molar-refractivity contribution in [2.75, 3.05) is 6.61 Å². The Labute approximate surface area is 90.1 Å². The van der Waals surface area contributed by atoms with Gasteiger partial charge >= 0.3 is 0 Å². The Morgan fingerprint density at radius 2 is 2.07 bits per heavy atom. The number of terminal acetylenes is 1. The van der Waals surface area contributed by atoms with E-state index in [0.717, 1.165) is 17.7 Å². The first kappa shape index (κ1) is 11.2. The van der Waals surface area contributed by atoms with Crippen molar-refractivity contribution in [3.8, 4) is 12.3 Å². The molecule has 0 fully saturated rings. The average molecular weight is 206 g/mol. The summed E-state index contributed by atoms with van der Waals surface area (Å²) in [6.07, 6.45) is 6.84. The number of hydrogen-bond donors (Lipinski definition) is 0. The number of aryl methyl sites for hydroxylation is 1. The maximum absolute atomic E-state index is 5.38. The van der Waals surface area contributed by atoms with Crippen LogP contribution in [0.1, 0.15) is 18.4 Å². The summed E-state index contributed by atoms with van der Waals surface area (Å²) < 4.78 is 5.38. The highest BCUT2D eigenvalue weighted by Crippen LogP contribution is 2.19. The lowest BCUT2D eigenvalue weighted by Gasteiger charge is -2.01. The van der Waals surface area contributed by atoms with E-state index in [9.17, 15) is 0 Å². The van der Waals surface area contributed by atoms with Gasteiger partial charge in [-0.3, -0.25) is 0 Å². The van der Waals surface area contributed by atoms with Crippen LogP contribution in [-0.2, 0) is 4.18 Å². The zero-order chi connectivity index (χ0) is 10.2. The van der Waals surface area contributed by atoms with Crippen LogP contribution in [-0.4, -0.2) is 6.61 Å². The van der Waals surface area contributed by atoms with Gasteiger partial charge in [0.2, 0.25) is 0 Å². The van der Waals surface area contributed by atoms with Crippen molar-refractivity contribution < 1.29 is 4.18 Å². The zero-order valence-electron chi connectivity index (χ0n) is 8.32. The molecule has 0 bridgehead atoms. The van der Waals surface area contributed by atoms with Gasteiger partial charge in [0.05, 0.1) is 6.61 Å². The standard InChI is InChI=1S/C12H14OS/c1-3-4-5-10-13-14-12-8-6-11(2)7-9-12/h1,6-9H,4-5,10H2,2H3. The molecule has 74 valence electrons. The fourth-order valence-corrected chi connectivity index (χ4v) is 1.52. The zero-order valence-corrected chi connectivity index (χ0v) is 9.14. The summed E-state index contributed by atoms with van der Waals surface area (Å²) in [6.45, 7) is 2.78. The lowest BCUT2D eigenvalue weighted by molar-refractivity contribution is 0.367. The van der Waals surface area contributed by atoms with Crippen LogP contribution >= 0.6 is 12.0 Å². The third kappa shape index (κ3) is 4.36. The fourth-order valence-electron chi connectivity index (χ4n) is 0.937.